The maximum atomic E-state index is 13.7. The highest BCUT2D eigenvalue weighted by Gasteiger charge is 2.46. The number of hydrogen-bond acceptors (Lipinski definition) is 5. The van der Waals surface area contributed by atoms with Crippen LogP contribution in [0.4, 0.5) is 4.79 Å². The van der Waals surface area contributed by atoms with Gasteiger partial charge < -0.3 is 20.1 Å². The van der Waals surface area contributed by atoms with Crippen molar-refractivity contribution in [3.63, 3.8) is 0 Å². The largest absolute Gasteiger partial charge is 0.491 e. The molecule has 2 heterocycles. The smallest absolute Gasteiger partial charge is 0.325 e. The number of nitrogens with one attached hydrogen (secondary N) is 2. The highest BCUT2D eigenvalue weighted by atomic mass is 127. The summed E-state index contributed by atoms with van der Waals surface area (Å²) in [5.41, 5.74) is 3.27. The molecule has 0 spiro atoms. The van der Waals surface area contributed by atoms with E-state index in [2.05, 4.69) is 32.9 Å². The molecule has 0 bridgehead atoms. The number of amides is 3. The Labute approximate surface area is 221 Å². The van der Waals surface area contributed by atoms with Gasteiger partial charge in [-0.05, 0) is 64.0 Å². The minimum absolute atomic E-state index is 0.0875. The number of hydrogen-bond donors (Lipinski definition) is 3. The van der Waals surface area contributed by atoms with Crippen LogP contribution in [0.5, 0.6) is 5.75 Å². The van der Waals surface area contributed by atoms with E-state index in [1.165, 1.54) is 4.90 Å². The van der Waals surface area contributed by atoms with Crippen LogP contribution in [-0.2, 0) is 4.79 Å². The zero-order chi connectivity index (χ0) is 25.2. The number of nitrogens with zero attached hydrogens (tertiary/aromatic N) is 2. The summed E-state index contributed by atoms with van der Waals surface area (Å²) >= 11 is 2.24. The summed E-state index contributed by atoms with van der Waals surface area (Å²) in [4.78, 5) is 36.5. The van der Waals surface area contributed by atoms with Crippen molar-refractivity contribution in [2.24, 2.45) is 0 Å². The van der Waals surface area contributed by atoms with Gasteiger partial charge in [0.05, 0.1) is 17.6 Å². The molecular formula is C27H25IN4O4. The Hall–Kier alpha value is -3.44. The predicted octanol–water partition coefficient (Wildman–Crippen LogP) is 4.68. The number of imidazole rings is 1. The quantitative estimate of drug-likeness (QED) is 0.202. The summed E-state index contributed by atoms with van der Waals surface area (Å²) in [6.07, 6.45) is 0. The fourth-order valence-electron chi connectivity index (χ4n) is 4.57. The summed E-state index contributed by atoms with van der Waals surface area (Å²) in [5.74, 6) is 0.578. The Kier molecular flexibility index (Phi) is 6.92. The van der Waals surface area contributed by atoms with Gasteiger partial charge in [0.2, 0.25) is 0 Å². The van der Waals surface area contributed by atoms with Crippen LogP contribution in [0, 0.1) is 3.57 Å². The normalized spacial score (nSPS) is 17.3. The zero-order valence-corrected chi connectivity index (χ0v) is 21.7. The monoisotopic (exact) mass is 596 g/mol. The number of halogens is 1. The molecule has 0 saturated carbocycles. The number of imide groups is 1. The summed E-state index contributed by atoms with van der Waals surface area (Å²) in [7, 11) is 0. The number of aromatic nitrogens is 2. The minimum atomic E-state index is -0.819. The van der Waals surface area contributed by atoms with Crippen molar-refractivity contribution in [3.8, 4) is 5.75 Å². The predicted molar refractivity (Wildman–Crippen MR) is 144 cm³/mol. The van der Waals surface area contributed by atoms with E-state index in [9.17, 15) is 9.59 Å². The van der Waals surface area contributed by atoms with Crippen molar-refractivity contribution in [2.45, 2.75) is 24.9 Å². The fraction of sp³-hybridized carbons (Fsp3) is 0.222. The first kappa shape index (κ1) is 24.3. The minimum Gasteiger partial charge on any atom is -0.491 e. The molecule has 36 heavy (non-hydrogen) atoms. The van der Waals surface area contributed by atoms with Crippen LogP contribution in [-0.4, -0.2) is 45.1 Å². The molecule has 0 unspecified atom stereocenters. The van der Waals surface area contributed by atoms with E-state index >= 15 is 0 Å². The highest BCUT2D eigenvalue weighted by molar-refractivity contribution is 14.1. The third-order valence-electron chi connectivity index (χ3n) is 6.36. The number of aliphatic hydroxyl groups is 1. The van der Waals surface area contributed by atoms with Gasteiger partial charge in [-0.15, -0.1) is 0 Å². The Bertz CT molecular complexity index is 1390. The molecule has 3 amide bonds. The van der Waals surface area contributed by atoms with E-state index in [0.717, 1.165) is 20.2 Å². The van der Waals surface area contributed by atoms with Crippen LogP contribution in [0.3, 0.4) is 0 Å². The number of H-pyrrole nitrogens is 1. The van der Waals surface area contributed by atoms with Crippen molar-refractivity contribution >= 4 is 45.6 Å². The van der Waals surface area contributed by atoms with Gasteiger partial charge in [-0.3, -0.25) is 9.69 Å². The summed E-state index contributed by atoms with van der Waals surface area (Å²) in [5, 5.41) is 11.8. The number of rotatable bonds is 8. The maximum Gasteiger partial charge on any atom is 0.325 e. The number of carbonyl (C=O) groups excluding carboxylic acids is 2. The number of carbonyl (C=O) groups is 2. The lowest BCUT2D eigenvalue weighted by Gasteiger charge is -2.29. The van der Waals surface area contributed by atoms with Gasteiger partial charge in [0, 0.05) is 9.49 Å². The summed E-state index contributed by atoms with van der Waals surface area (Å²) in [6, 6.07) is 20.7. The first-order chi connectivity index (χ1) is 17.5. The summed E-state index contributed by atoms with van der Waals surface area (Å²) in [6.45, 7) is 2.09. The van der Waals surface area contributed by atoms with Gasteiger partial charge in [0.15, 0.2) is 0 Å². The number of aliphatic hydroxyl groups excluding tert-OH is 1. The molecule has 184 valence electrons. The molecule has 4 aromatic rings. The van der Waals surface area contributed by atoms with E-state index in [0.29, 0.717) is 17.1 Å². The first-order valence-electron chi connectivity index (χ1n) is 11.6. The third-order valence-corrected chi connectivity index (χ3v) is 7.03. The highest BCUT2D eigenvalue weighted by Crippen LogP contribution is 2.39. The van der Waals surface area contributed by atoms with E-state index in [-0.39, 0.29) is 25.0 Å². The molecule has 3 atom stereocenters. The SMILES string of the molecule is C[C@@H](c1ccccc1)[C@@H](c1nc2ccc(I)cc2[nH]1)N1C(=O)N[C@H](c2ccc(OCCO)cc2)C1=O. The van der Waals surface area contributed by atoms with Gasteiger partial charge in [-0.1, -0.05) is 49.4 Å². The second-order valence-corrected chi connectivity index (χ2v) is 9.91. The molecule has 5 rings (SSSR count). The Morgan fingerprint density at radius 1 is 1.08 bits per heavy atom. The summed E-state index contributed by atoms with van der Waals surface area (Å²) < 4.78 is 6.47. The number of urea groups is 1. The molecule has 8 nitrogen and oxygen atoms in total. The molecule has 3 aromatic carbocycles. The van der Waals surface area contributed by atoms with Crippen molar-refractivity contribution in [3.05, 3.63) is 93.3 Å². The topological polar surface area (TPSA) is 108 Å². The Morgan fingerprint density at radius 3 is 2.56 bits per heavy atom. The molecule has 0 aliphatic carbocycles. The van der Waals surface area contributed by atoms with Gasteiger partial charge in [-0.2, -0.15) is 0 Å². The van der Waals surface area contributed by atoms with Crippen LogP contribution >= 0.6 is 22.6 Å². The molecule has 3 N–H and O–H groups in total. The maximum absolute atomic E-state index is 13.7. The zero-order valence-electron chi connectivity index (χ0n) is 19.5. The van der Waals surface area contributed by atoms with E-state index in [4.69, 9.17) is 14.8 Å². The lowest BCUT2D eigenvalue weighted by Crippen LogP contribution is -2.38. The van der Waals surface area contributed by atoms with Crippen molar-refractivity contribution in [1.29, 1.82) is 0 Å². The van der Waals surface area contributed by atoms with Crippen molar-refractivity contribution in [1.82, 2.24) is 20.2 Å². The number of ether oxygens (including phenoxy) is 1. The van der Waals surface area contributed by atoms with Gasteiger partial charge in [0.1, 0.15) is 30.3 Å². The molecule has 1 fully saturated rings. The number of aromatic amines is 1. The molecular weight excluding hydrogens is 571 g/mol. The van der Waals surface area contributed by atoms with Crippen molar-refractivity contribution in [2.75, 3.05) is 13.2 Å². The van der Waals surface area contributed by atoms with Gasteiger partial charge in [-0.25, -0.2) is 9.78 Å². The van der Waals surface area contributed by atoms with Crippen LogP contribution in [0.15, 0.2) is 72.8 Å². The van der Waals surface area contributed by atoms with E-state index < -0.39 is 18.1 Å². The molecule has 1 aliphatic heterocycles. The molecule has 1 aliphatic rings. The molecule has 9 heteroatoms. The van der Waals surface area contributed by atoms with Gasteiger partial charge in [0.25, 0.3) is 5.91 Å². The first-order valence-corrected chi connectivity index (χ1v) is 12.7. The lowest BCUT2D eigenvalue weighted by molar-refractivity contribution is -0.129. The van der Waals surface area contributed by atoms with Crippen LogP contribution in [0.1, 0.15) is 41.9 Å². The average Bonchev–Trinajstić information content (AvgIpc) is 3.44. The second-order valence-electron chi connectivity index (χ2n) is 8.66. The number of benzene rings is 3. The van der Waals surface area contributed by atoms with Crippen molar-refractivity contribution < 1.29 is 19.4 Å². The second kappa shape index (κ2) is 10.3. The fourth-order valence-corrected chi connectivity index (χ4v) is 5.06. The average molecular weight is 596 g/mol. The third kappa shape index (κ3) is 4.68. The molecule has 1 aromatic heterocycles. The number of fused-ring (bicyclic) bond motifs is 1. The van der Waals surface area contributed by atoms with E-state index in [1.807, 2.05) is 55.5 Å². The van der Waals surface area contributed by atoms with Crippen LogP contribution in [0.2, 0.25) is 0 Å². The van der Waals surface area contributed by atoms with Gasteiger partial charge >= 0.3 is 6.03 Å². The Balaban J connectivity index is 1.51. The standard InChI is InChI=1S/C27H25IN4O4/c1-16(17-5-3-2-4-6-17)24(25-29-21-12-9-19(28)15-22(21)30-25)32-26(34)23(31-27(32)35)18-7-10-20(11-8-18)36-14-13-33/h2-12,15-16,23-24,33H,13-14H2,1H3,(H,29,30)(H,31,35)/t16-,23+,24-/m0/s1. The lowest BCUT2D eigenvalue weighted by atomic mass is 9.91. The van der Waals surface area contributed by atoms with Crippen LogP contribution < -0.4 is 10.1 Å². The molecule has 0 radical (unpaired) electrons. The van der Waals surface area contributed by atoms with Crippen LogP contribution in [0.25, 0.3) is 11.0 Å². The Morgan fingerprint density at radius 2 is 1.83 bits per heavy atom. The molecule has 1 saturated heterocycles. The van der Waals surface area contributed by atoms with E-state index in [1.54, 1.807) is 24.3 Å².